The van der Waals surface area contributed by atoms with Crippen LogP contribution in [0.2, 0.25) is 5.02 Å². The van der Waals surface area contributed by atoms with Crippen molar-refractivity contribution in [2.24, 2.45) is 0 Å². The van der Waals surface area contributed by atoms with E-state index in [2.05, 4.69) is 19.8 Å². The lowest BCUT2D eigenvalue weighted by Gasteiger charge is -2.34. The van der Waals surface area contributed by atoms with Crippen LogP contribution >= 0.6 is 22.9 Å². The number of hydrogen-bond acceptors (Lipinski definition) is 7. The molecule has 1 fully saturated rings. The molecule has 0 aliphatic carbocycles. The van der Waals surface area contributed by atoms with Gasteiger partial charge in [-0.25, -0.2) is 13.4 Å². The molecule has 1 aliphatic heterocycles. The molecule has 8 nitrogen and oxygen atoms in total. The van der Waals surface area contributed by atoms with E-state index < -0.39 is 10.0 Å². The zero-order chi connectivity index (χ0) is 26.7. The summed E-state index contributed by atoms with van der Waals surface area (Å²) >= 11 is 8.01. The monoisotopic (exact) mass is 569 g/mol. The number of halogens is 1. The van der Waals surface area contributed by atoms with Crippen molar-refractivity contribution in [2.75, 3.05) is 48.9 Å². The van der Waals surface area contributed by atoms with E-state index in [0.29, 0.717) is 17.8 Å². The maximum absolute atomic E-state index is 12.7. The molecule has 11 heteroatoms. The van der Waals surface area contributed by atoms with Crippen LogP contribution < -0.4 is 14.9 Å². The fourth-order valence-electron chi connectivity index (χ4n) is 4.36. The molecule has 0 radical (unpaired) electrons. The molecule has 198 valence electrons. The number of hydrogen-bond donors (Lipinski definition) is 2. The van der Waals surface area contributed by atoms with Crippen LogP contribution in [-0.2, 0) is 10.0 Å². The molecular weight excluding hydrogens is 542 g/mol. The normalized spacial score (nSPS) is 14.5. The number of carbonyl (C=O) groups is 1. The van der Waals surface area contributed by atoms with E-state index in [9.17, 15) is 13.2 Å². The predicted molar refractivity (Wildman–Crippen MR) is 154 cm³/mol. The lowest BCUT2D eigenvalue weighted by atomic mass is 10.2. The minimum Gasteiger partial charge on any atom is -0.351 e. The van der Waals surface area contributed by atoms with Crippen LogP contribution in [0.25, 0.3) is 10.2 Å². The number of piperazine rings is 1. The Labute approximate surface area is 231 Å². The molecule has 1 aromatic heterocycles. The van der Waals surface area contributed by atoms with Gasteiger partial charge in [0.1, 0.15) is 0 Å². The number of carbonyl (C=O) groups excluding carboxylic acids is 1. The Morgan fingerprint density at radius 3 is 2.53 bits per heavy atom. The molecule has 1 saturated heterocycles. The van der Waals surface area contributed by atoms with Gasteiger partial charge in [-0.2, -0.15) is 0 Å². The molecule has 0 saturated carbocycles. The van der Waals surface area contributed by atoms with Crippen molar-refractivity contribution in [3.05, 3.63) is 82.9 Å². The standard InChI is InChI=1S/C27H28ClN5O3S2/c1-19-10-11-23(28)25-24(19)30-27(37-25)33-16-14-32(15-17-33)13-12-29-26(34)20-6-5-7-21(18-20)31-38(35,36)22-8-3-2-4-9-22/h2-11,18,31H,12-17H2,1H3,(H,29,34). The van der Waals surface area contributed by atoms with Gasteiger partial charge in [0.15, 0.2) is 5.13 Å². The summed E-state index contributed by atoms with van der Waals surface area (Å²) in [6, 6.07) is 18.5. The first kappa shape index (κ1) is 26.4. The highest BCUT2D eigenvalue weighted by Crippen LogP contribution is 2.35. The minimum atomic E-state index is -3.73. The highest BCUT2D eigenvalue weighted by atomic mass is 35.5. The van der Waals surface area contributed by atoms with Crippen molar-refractivity contribution < 1.29 is 13.2 Å². The number of fused-ring (bicyclic) bond motifs is 1. The quantitative estimate of drug-likeness (QED) is 0.322. The summed E-state index contributed by atoms with van der Waals surface area (Å²) in [5, 5.41) is 4.68. The number of rotatable bonds is 8. The number of thiazole rings is 1. The average molecular weight is 570 g/mol. The zero-order valence-corrected chi connectivity index (χ0v) is 23.2. The topological polar surface area (TPSA) is 94.6 Å². The summed E-state index contributed by atoms with van der Waals surface area (Å²) < 4.78 is 28.7. The fraction of sp³-hybridized carbons (Fsp3) is 0.259. The van der Waals surface area contributed by atoms with Gasteiger partial charge in [0.2, 0.25) is 0 Å². The lowest BCUT2D eigenvalue weighted by Crippen LogP contribution is -2.48. The summed E-state index contributed by atoms with van der Waals surface area (Å²) in [6.45, 7) is 6.72. The summed E-state index contributed by atoms with van der Waals surface area (Å²) in [7, 11) is -3.73. The maximum atomic E-state index is 12.7. The summed E-state index contributed by atoms with van der Waals surface area (Å²) in [6.07, 6.45) is 0. The molecule has 5 rings (SSSR count). The van der Waals surface area contributed by atoms with E-state index >= 15 is 0 Å². The fourth-order valence-corrected chi connectivity index (χ4v) is 6.79. The van der Waals surface area contributed by atoms with Crippen molar-refractivity contribution >= 4 is 59.9 Å². The van der Waals surface area contributed by atoms with Gasteiger partial charge in [-0.3, -0.25) is 14.4 Å². The van der Waals surface area contributed by atoms with Crippen molar-refractivity contribution in [2.45, 2.75) is 11.8 Å². The van der Waals surface area contributed by atoms with E-state index in [4.69, 9.17) is 16.6 Å². The molecule has 3 aromatic carbocycles. The lowest BCUT2D eigenvalue weighted by molar-refractivity contribution is 0.0948. The number of amides is 1. The zero-order valence-electron chi connectivity index (χ0n) is 20.9. The Balaban J connectivity index is 1.11. The first-order chi connectivity index (χ1) is 18.3. The molecule has 1 amide bonds. The molecule has 1 aliphatic rings. The number of anilines is 2. The molecular formula is C27H28ClN5O3S2. The van der Waals surface area contributed by atoms with Gasteiger partial charge in [0.25, 0.3) is 15.9 Å². The predicted octanol–water partition coefficient (Wildman–Crippen LogP) is 4.61. The van der Waals surface area contributed by atoms with Gasteiger partial charge in [-0.05, 0) is 48.9 Å². The number of aryl methyl sites for hydroxylation is 1. The van der Waals surface area contributed by atoms with Gasteiger partial charge in [0.05, 0.1) is 20.1 Å². The van der Waals surface area contributed by atoms with Crippen molar-refractivity contribution in [1.82, 2.24) is 15.2 Å². The SMILES string of the molecule is Cc1ccc(Cl)c2sc(N3CCN(CCNC(=O)c4cccc(NS(=O)(=O)c5ccccc5)c4)CC3)nc12. The van der Waals surface area contributed by atoms with Crippen LogP contribution in [0.4, 0.5) is 10.8 Å². The third kappa shape index (κ3) is 5.94. The van der Waals surface area contributed by atoms with Gasteiger partial charge < -0.3 is 10.2 Å². The third-order valence-corrected chi connectivity index (χ3v) is 9.45. The van der Waals surface area contributed by atoms with E-state index in [1.807, 2.05) is 19.1 Å². The number of sulfonamides is 1. The molecule has 38 heavy (non-hydrogen) atoms. The van der Waals surface area contributed by atoms with Crippen molar-refractivity contribution in [3.63, 3.8) is 0 Å². The van der Waals surface area contributed by atoms with Crippen LogP contribution in [0, 0.1) is 6.92 Å². The van der Waals surface area contributed by atoms with Gasteiger partial charge in [-0.15, -0.1) is 0 Å². The Kier molecular flexibility index (Phi) is 7.85. The highest BCUT2D eigenvalue weighted by Gasteiger charge is 2.21. The molecule has 2 N–H and O–H groups in total. The molecule has 0 bridgehead atoms. The Bertz CT molecular complexity index is 1510. The first-order valence-electron chi connectivity index (χ1n) is 12.3. The smallest absolute Gasteiger partial charge is 0.261 e. The second-order valence-corrected chi connectivity index (χ2v) is 12.2. The van der Waals surface area contributed by atoms with Crippen LogP contribution in [0.3, 0.4) is 0 Å². The summed E-state index contributed by atoms with van der Waals surface area (Å²) in [5.41, 5.74) is 2.83. The van der Waals surface area contributed by atoms with Crippen LogP contribution in [-0.4, -0.2) is 63.5 Å². The van der Waals surface area contributed by atoms with Gasteiger partial charge in [-0.1, -0.05) is 53.3 Å². The summed E-state index contributed by atoms with van der Waals surface area (Å²) in [4.78, 5) is 22.3. The second kappa shape index (κ2) is 11.3. The molecule has 2 heterocycles. The Morgan fingerprint density at radius 2 is 1.79 bits per heavy atom. The van der Waals surface area contributed by atoms with E-state index in [1.165, 1.54) is 12.1 Å². The van der Waals surface area contributed by atoms with Gasteiger partial charge in [0, 0.05) is 50.5 Å². The van der Waals surface area contributed by atoms with Crippen molar-refractivity contribution in [1.29, 1.82) is 0 Å². The molecule has 0 atom stereocenters. The van der Waals surface area contributed by atoms with Crippen molar-refractivity contribution in [3.8, 4) is 0 Å². The number of nitrogens with one attached hydrogen (secondary N) is 2. The van der Waals surface area contributed by atoms with Crippen LogP contribution in [0.15, 0.2) is 71.6 Å². The molecule has 0 unspecified atom stereocenters. The van der Waals surface area contributed by atoms with E-state index in [0.717, 1.165) is 58.7 Å². The van der Waals surface area contributed by atoms with E-state index in [-0.39, 0.29) is 10.8 Å². The van der Waals surface area contributed by atoms with Gasteiger partial charge >= 0.3 is 0 Å². The molecule has 4 aromatic rings. The first-order valence-corrected chi connectivity index (χ1v) is 15.0. The number of aromatic nitrogens is 1. The third-order valence-electron chi connectivity index (χ3n) is 6.47. The average Bonchev–Trinajstić information content (AvgIpc) is 3.39. The Morgan fingerprint density at radius 1 is 1.03 bits per heavy atom. The van der Waals surface area contributed by atoms with Crippen LogP contribution in [0.1, 0.15) is 15.9 Å². The minimum absolute atomic E-state index is 0.164. The number of nitrogens with zero attached hydrogens (tertiary/aromatic N) is 3. The maximum Gasteiger partial charge on any atom is 0.261 e. The van der Waals surface area contributed by atoms with Crippen LogP contribution in [0.5, 0.6) is 0 Å². The highest BCUT2D eigenvalue weighted by molar-refractivity contribution is 7.92. The Hall–Kier alpha value is -3.18. The largest absolute Gasteiger partial charge is 0.351 e. The second-order valence-electron chi connectivity index (χ2n) is 9.12. The number of benzene rings is 3. The van der Waals surface area contributed by atoms with E-state index in [1.54, 1.807) is 53.8 Å². The molecule has 0 spiro atoms. The summed E-state index contributed by atoms with van der Waals surface area (Å²) in [5.74, 6) is -0.244.